The minimum Gasteiger partial charge on any atom is -0.345 e. The number of H-pyrrole nitrogens is 1. The Morgan fingerprint density at radius 3 is 2.09 bits per heavy atom. The van der Waals surface area contributed by atoms with Gasteiger partial charge in [0.05, 0.1) is 10.8 Å². The molecule has 2 aliphatic rings. The SMILES string of the molecule is O=C(NC(C(=O)C(=O)n1[nH]c(=O)c2ccccc2c1=O)C1CCCCC1)C1CCCCCC1. The topological polar surface area (TPSA) is 118 Å². The first-order valence-electron chi connectivity index (χ1n) is 12.1. The molecule has 1 amide bonds. The lowest BCUT2D eigenvalue weighted by Crippen LogP contribution is -2.53. The zero-order valence-electron chi connectivity index (χ0n) is 18.8. The monoisotopic (exact) mass is 453 g/mol. The third-order valence-electron chi connectivity index (χ3n) is 7.16. The van der Waals surface area contributed by atoms with Gasteiger partial charge < -0.3 is 5.32 Å². The highest BCUT2D eigenvalue weighted by Crippen LogP contribution is 2.28. The molecule has 2 fully saturated rings. The van der Waals surface area contributed by atoms with Gasteiger partial charge in [-0.1, -0.05) is 57.1 Å². The van der Waals surface area contributed by atoms with Crippen LogP contribution in [0, 0.1) is 11.8 Å². The van der Waals surface area contributed by atoms with Crippen LogP contribution in [0.5, 0.6) is 0 Å². The Kier molecular flexibility index (Phi) is 7.20. The summed E-state index contributed by atoms with van der Waals surface area (Å²) in [6.07, 6.45) is 10.1. The van der Waals surface area contributed by atoms with E-state index in [2.05, 4.69) is 10.4 Å². The molecule has 1 atom stereocenters. The second-order valence-corrected chi connectivity index (χ2v) is 9.37. The summed E-state index contributed by atoms with van der Waals surface area (Å²) in [6, 6.07) is 5.17. The van der Waals surface area contributed by atoms with Gasteiger partial charge in [-0.2, -0.15) is 4.68 Å². The van der Waals surface area contributed by atoms with E-state index >= 15 is 0 Å². The van der Waals surface area contributed by atoms with Crippen LogP contribution in [-0.4, -0.2) is 33.4 Å². The van der Waals surface area contributed by atoms with Crippen LogP contribution in [-0.2, 0) is 9.59 Å². The molecule has 2 N–H and O–H groups in total. The first kappa shape index (κ1) is 23.1. The van der Waals surface area contributed by atoms with E-state index in [4.69, 9.17) is 0 Å². The summed E-state index contributed by atoms with van der Waals surface area (Å²) in [4.78, 5) is 64.9. The summed E-state index contributed by atoms with van der Waals surface area (Å²) in [7, 11) is 0. The zero-order chi connectivity index (χ0) is 23.4. The molecule has 0 spiro atoms. The quantitative estimate of drug-likeness (QED) is 0.533. The molecule has 1 unspecified atom stereocenters. The number of Topliss-reactive ketones (excluding diaryl/α,β-unsaturated/α-hetero) is 1. The number of ketones is 1. The second-order valence-electron chi connectivity index (χ2n) is 9.37. The predicted molar refractivity (Wildman–Crippen MR) is 124 cm³/mol. The Morgan fingerprint density at radius 2 is 1.42 bits per heavy atom. The van der Waals surface area contributed by atoms with Crippen molar-refractivity contribution in [2.45, 2.75) is 76.7 Å². The van der Waals surface area contributed by atoms with E-state index < -0.39 is 28.9 Å². The van der Waals surface area contributed by atoms with E-state index in [1.165, 1.54) is 12.1 Å². The molecule has 33 heavy (non-hydrogen) atoms. The van der Waals surface area contributed by atoms with Crippen LogP contribution in [0.15, 0.2) is 33.9 Å². The fourth-order valence-electron chi connectivity index (χ4n) is 5.26. The lowest BCUT2D eigenvalue weighted by molar-refractivity contribution is -0.130. The van der Waals surface area contributed by atoms with Gasteiger partial charge >= 0.3 is 5.91 Å². The molecule has 176 valence electrons. The van der Waals surface area contributed by atoms with E-state index in [1.807, 2.05) is 0 Å². The average Bonchev–Trinajstić information content (AvgIpc) is 3.14. The number of aromatic amines is 1. The molecule has 2 aromatic rings. The van der Waals surface area contributed by atoms with Gasteiger partial charge in [0.25, 0.3) is 11.1 Å². The van der Waals surface area contributed by atoms with Crippen molar-refractivity contribution in [2.75, 3.05) is 0 Å². The van der Waals surface area contributed by atoms with Crippen LogP contribution in [0.3, 0.4) is 0 Å². The van der Waals surface area contributed by atoms with Gasteiger partial charge in [0.2, 0.25) is 11.7 Å². The molecule has 8 nitrogen and oxygen atoms in total. The van der Waals surface area contributed by atoms with Crippen molar-refractivity contribution in [3.63, 3.8) is 0 Å². The molecule has 2 aliphatic carbocycles. The average molecular weight is 454 g/mol. The molecule has 0 aliphatic heterocycles. The van der Waals surface area contributed by atoms with Crippen LogP contribution >= 0.6 is 0 Å². The molecular weight excluding hydrogens is 422 g/mol. The number of carbonyl (C=O) groups excluding carboxylic acids is 3. The first-order chi connectivity index (χ1) is 16.0. The number of fused-ring (bicyclic) bond motifs is 1. The van der Waals surface area contributed by atoms with Crippen LogP contribution in [0.1, 0.15) is 75.4 Å². The first-order valence-corrected chi connectivity index (χ1v) is 12.1. The maximum atomic E-state index is 13.4. The molecule has 4 rings (SSSR count). The lowest BCUT2D eigenvalue weighted by Gasteiger charge is -2.30. The van der Waals surface area contributed by atoms with E-state index in [0.29, 0.717) is 4.68 Å². The van der Waals surface area contributed by atoms with Gasteiger partial charge in [0.1, 0.15) is 6.04 Å². The Hall–Kier alpha value is -3.03. The van der Waals surface area contributed by atoms with E-state index in [1.54, 1.807) is 12.1 Å². The standard InChI is InChI=1S/C25H31N3O5/c29-21(25(33)28-24(32)19-15-9-8-14-18(19)23(31)27-28)20(16-10-6-3-7-11-16)26-22(30)17-12-4-1-2-5-13-17/h8-9,14-17,20H,1-7,10-13H2,(H,26,30)(H,27,31). The number of hydrogen-bond donors (Lipinski definition) is 2. The van der Waals surface area contributed by atoms with Crippen molar-refractivity contribution >= 4 is 28.4 Å². The van der Waals surface area contributed by atoms with Crippen molar-refractivity contribution in [3.8, 4) is 0 Å². The highest BCUT2D eigenvalue weighted by molar-refractivity contribution is 6.39. The summed E-state index contributed by atoms with van der Waals surface area (Å²) >= 11 is 0. The Labute approximate surface area is 191 Å². The molecule has 0 radical (unpaired) electrons. The zero-order valence-corrected chi connectivity index (χ0v) is 18.8. The van der Waals surface area contributed by atoms with Gasteiger partial charge in [0, 0.05) is 5.92 Å². The number of hydrogen-bond acceptors (Lipinski definition) is 5. The van der Waals surface area contributed by atoms with Gasteiger partial charge in [-0.25, -0.2) is 0 Å². The Balaban J connectivity index is 1.63. The molecule has 8 heteroatoms. The largest absolute Gasteiger partial charge is 0.345 e. The molecule has 1 aromatic carbocycles. The molecule has 0 bridgehead atoms. The fourth-order valence-corrected chi connectivity index (χ4v) is 5.26. The summed E-state index contributed by atoms with van der Waals surface area (Å²) in [6.45, 7) is 0. The second kappa shape index (κ2) is 10.3. The molecular formula is C25H31N3O5. The number of nitrogens with zero attached hydrogens (tertiary/aromatic N) is 1. The van der Waals surface area contributed by atoms with Crippen LogP contribution < -0.4 is 16.4 Å². The fraction of sp³-hybridized carbons (Fsp3) is 0.560. The minimum atomic E-state index is -1.11. The van der Waals surface area contributed by atoms with Crippen molar-refractivity contribution in [1.29, 1.82) is 0 Å². The molecule has 1 aromatic heterocycles. The summed E-state index contributed by atoms with van der Waals surface area (Å²) < 4.78 is 0.501. The van der Waals surface area contributed by atoms with Crippen molar-refractivity contribution < 1.29 is 14.4 Å². The summed E-state index contributed by atoms with van der Waals surface area (Å²) in [5, 5.41) is 5.36. The van der Waals surface area contributed by atoms with E-state index in [0.717, 1.165) is 70.6 Å². The minimum absolute atomic E-state index is 0.0686. The Morgan fingerprint density at radius 1 is 0.848 bits per heavy atom. The number of carbonyl (C=O) groups is 3. The smallest absolute Gasteiger partial charge is 0.318 e. The van der Waals surface area contributed by atoms with Gasteiger partial charge in [-0.15, -0.1) is 0 Å². The van der Waals surface area contributed by atoms with Crippen LogP contribution in [0.2, 0.25) is 0 Å². The molecule has 2 saturated carbocycles. The predicted octanol–water partition coefficient (Wildman–Crippen LogP) is 2.93. The third-order valence-corrected chi connectivity index (χ3v) is 7.16. The Bertz CT molecular complexity index is 1150. The van der Waals surface area contributed by atoms with Gasteiger partial charge in [0.15, 0.2) is 0 Å². The van der Waals surface area contributed by atoms with Crippen molar-refractivity contribution in [1.82, 2.24) is 15.1 Å². The van der Waals surface area contributed by atoms with Crippen molar-refractivity contribution in [3.05, 3.63) is 45.0 Å². The summed E-state index contributed by atoms with van der Waals surface area (Å²) in [5.74, 6) is -2.47. The number of nitrogens with one attached hydrogen (secondary N) is 2. The van der Waals surface area contributed by atoms with Crippen LogP contribution in [0.25, 0.3) is 10.8 Å². The molecule has 1 heterocycles. The molecule has 0 saturated heterocycles. The normalized spacial score (nSPS) is 19.0. The van der Waals surface area contributed by atoms with Gasteiger partial charge in [-0.05, 0) is 43.7 Å². The van der Waals surface area contributed by atoms with E-state index in [-0.39, 0.29) is 28.5 Å². The highest BCUT2D eigenvalue weighted by atomic mass is 16.2. The third kappa shape index (κ3) is 4.99. The highest BCUT2D eigenvalue weighted by Gasteiger charge is 2.37. The van der Waals surface area contributed by atoms with Gasteiger partial charge in [-0.3, -0.25) is 29.1 Å². The van der Waals surface area contributed by atoms with Crippen LogP contribution in [0.4, 0.5) is 0 Å². The lowest BCUT2D eigenvalue weighted by atomic mass is 9.81. The maximum Gasteiger partial charge on any atom is 0.318 e. The van der Waals surface area contributed by atoms with Crippen molar-refractivity contribution in [2.24, 2.45) is 11.8 Å². The van der Waals surface area contributed by atoms with E-state index in [9.17, 15) is 24.0 Å². The summed E-state index contributed by atoms with van der Waals surface area (Å²) in [5.41, 5.74) is -1.37. The number of aromatic nitrogens is 2. The maximum absolute atomic E-state index is 13.4. The number of benzene rings is 1. The number of amides is 1. The number of rotatable bonds is 5.